The molecule has 0 unspecified atom stereocenters. The maximum absolute atomic E-state index is 5.12. The molecule has 0 radical (unpaired) electrons. The number of fused-ring (bicyclic) bond motifs is 6. The SMILES string of the molecule is c1ccc(-c2ccc(-c3nc(-c4ccccc4)nc(-c4cccc(-c5ccccc5-n5c6cc7ccccc7cc6c6c7ccccc7ccc65)c4)n3)cc2)cc1. The van der Waals surface area contributed by atoms with Crippen LogP contribution in [0.15, 0.2) is 206 Å². The van der Waals surface area contributed by atoms with Crippen LogP contribution in [-0.4, -0.2) is 19.5 Å². The lowest BCUT2D eigenvalue weighted by Gasteiger charge is -2.15. The van der Waals surface area contributed by atoms with E-state index in [0.29, 0.717) is 17.5 Å². The molecule has 57 heavy (non-hydrogen) atoms. The van der Waals surface area contributed by atoms with E-state index in [1.54, 1.807) is 0 Å². The van der Waals surface area contributed by atoms with E-state index in [0.717, 1.165) is 39.1 Å². The Bertz CT molecular complexity index is 3280. The summed E-state index contributed by atoms with van der Waals surface area (Å²) in [5.74, 6) is 1.90. The van der Waals surface area contributed by atoms with Crippen molar-refractivity contribution in [3.63, 3.8) is 0 Å². The van der Waals surface area contributed by atoms with Crippen molar-refractivity contribution in [1.29, 1.82) is 0 Å². The third kappa shape index (κ3) is 5.74. The standard InChI is InChI=1S/C53H34N4/c1-3-14-35(15-4-1)36-26-28-39(29-27-36)52-54-51(38-17-5-2-6-18-38)55-53(56-52)43-22-13-21-42(32-43)44-23-11-12-25-47(44)57-48-31-30-37-16-9-10-24-45(37)50(48)46-33-40-19-7-8-20-41(40)34-49(46)57/h1-34H. The van der Waals surface area contributed by atoms with E-state index in [4.69, 9.17) is 15.0 Å². The second kappa shape index (κ2) is 13.6. The van der Waals surface area contributed by atoms with E-state index in [-0.39, 0.29) is 0 Å². The van der Waals surface area contributed by atoms with Crippen LogP contribution in [0.5, 0.6) is 0 Å². The van der Waals surface area contributed by atoms with Crippen LogP contribution in [0.25, 0.3) is 105 Å². The summed E-state index contributed by atoms with van der Waals surface area (Å²) in [6, 6.07) is 72.9. The Morgan fingerprint density at radius 2 is 0.825 bits per heavy atom. The van der Waals surface area contributed by atoms with Gasteiger partial charge in [0.05, 0.1) is 16.7 Å². The molecule has 2 heterocycles. The molecule has 11 aromatic rings. The van der Waals surface area contributed by atoms with Crippen LogP contribution in [0, 0.1) is 0 Å². The molecule has 0 atom stereocenters. The number of para-hydroxylation sites is 1. The number of hydrogen-bond acceptors (Lipinski definition) is 3. The van der Waals surface area contributed by atoms with Crippen molar-refractivity contribution in [3.05, 3.63) is 206 Å². The second-order valence-corrected chi connectivity index (χ2v) is 14.4. The fraction of sp³-hybridized carbons (Fsp3) is 0. The molecular formula is C53H34N4. The molecule has 11 rings (SSSR count). The minimum Gasteiger partial charge on any atom is -0.309 e. The third-order valence-corrected chi connectivity index (χ3v) is 11.0. The zero-order chi connectivity index (χ0) is 37.7. The van der Waals surface area contributed by atoms with Gasteiger partial charge in [-0.15, -0.1) is 0 Å². The van der Waals surface area contributed by atoms with Gasteiger partial charge >= 0.3 is 0 Å². The summed E-state index contributed by atoms with van der Waals surface area (Å²) in [5.41, 5.74) is 10.8. The molecule has 4 nitrogen and oxygen atoms in total. The van der Waals surface area contributed by atoms with Crippen molar-refractivity contribution >= 4 is 43.4 Å². The molecule has 0 spiro atoms. The van der Waals surface area contributed by atoms with Crippen LogP contribution in [0.2, 0.25) is 0 Å². The minimum absolute atomic E-state index is 0.625. The molecule has 0 saturated heterocycles. The lowest BCUT2D eigenvalue weighted by atomic mass is 10.0. The Morgan fingerprint density at radius 1 is 0.298 bits per heavy atom. The van der Waals surface area contributed by atoms with Gasteiger partial charge in [0.15, 0.2) is 17.5 Å². The molecule has 0 fully saturated rings. The van der Waals surface area contributed by atoms with Gasteiger partial charge in [0, 0.05) is 33.0 Å². The smallest absolute Gasteiger partial charge is 0.164 e. The predicted octanol–water partition coefficient (Wildman–Crippen LogP) is 13.6. The summed E-state index contributed by atoms with van der Waals surface area (Å²) in [6.45, 7) is 0. The van der Waals surface area contributed by atoms with Crippen LogP contribution in [0.1, 0.15) is 0 Å². The van der Waals surface area contributed by atoms with Crippen molar-refractivity contribution in [2.45, 2.75) is 0 Å². The number of nitrogens with zero attached hydrogens (tertiary/aromatic N) is 4. The Morgan fingerprint density at radius 3 is 1.58 bits per heavy atom. The first-order valence-corrected chi connectivity index (χ1v) is 19.3. The van der Waals surface area contributed by atoms with Crippen molar-refractivity contribution in [1.82, 2.24) is 19.5 Å². The molecule has 0 amide bonds. The Balaban J connectivity index is 1.08. The van der Waals surface area contributed by atoms with Crippen LogP contribution in [-0.2, 0) is 0 Å². The minimum atomic E-state index is 0.625. The lowest BCUT2D eigenvalue weighted by Crippen LogP contribution is -2.00. The molecule has 9 aromatic carbocycles. The van der Waals surface area contributed by atoms with Crippen molar-refractivity contribution < 1.29 is 0 Å². The molecule has 266 valence electrons. The number of benzene rings is 9. The van der Waals surface area contributed by atoms with Gasteiger partial charge in [-0.2, -0.15) is 0 Å². The largest absolute Gasteiger partial charge is 0.309 e. The monoisotopic (exact) mass is 726 g/mol. The van der Waals surface area contributed by atoms with Crippen LogP contribution < -0.4 is 0 Å². The molecule has 0 saturated carbocycles. The average molecular weight is 727 g/mol. The molecule has 0 aliphatic heterocycles. The van der Waals surface area contributed by atoms with Gasteiger partial charge in [0.1, 0.15) is 0 Å². The fourth-order valence-corrected chi connectivity index (χ4v) is 8.26. The van der Waals surface area contributed by atoms with E-state index in [1.807, 2.05) is 36.4 Å². The van der Waals surface area contributed by atoms with E-state index in [2.05, 4.69) is 174 Å². The maximum Gasteiger partial charge on any atom is 0.164 e. The zero-order valence-electron chi connectivity index (χ0n) is 30.9. The third-order valence-electron chi connectivity index (χ3n) is 11.0. The van der Waals surface area contributed by atoms with Gasteiger partial charge in [0.25, 0.3) is 0 Å². The molecule has 4 heteroatoms. The normalized spacial score (nSPS) is 11.5. The van der Waals surface area contributed by atoms with Gasteiger partial charge in [-0.05, 0) is 68.6 Å². The highest BCUT2D eigenvalue weighted by Gasteiger charge is 2.19. The number of aromatic nitrogens is 4. The topological polar surface area (TPSA) is 43.6 Å². The van der Waals surface area contributed by atoms with Gasteiger partial charge in [0.2, 0.25) is 0 Å². The second-order valence-electron chi connectivity index (χ2n) is 14.4. The molecule has 2 aromatic heterocycles. The van der Waals surface area contributed by atoms with Gasteiger partial charge in [-0.3, -0.25) is 0 Å². The van der Waals surface area contributed by atoms with Crippen molar-refractivity contribution in [3.8, 4) is 62.1 Å². The molecular weight excluding hydrogens is 693 g/mol. The predicted molar refractivity (Wildman–Crippen MR) is 236 cm³/mol. The Kier molecular flexibility index (Phi) is 7.78. The van der Waals surface area contributed by atoms with E-state index < -0.39 is 0 Å². The van der Waals surface area contributed by atoms with Crippen LogP contribution >= 0.6 is 0 Å². The van der Waals surface area contributed by atoms with E-state index in [1.165, 1.54) is 48.9 Å². The maximum atomic E-state index is 5.12. The fourth-order valence-electron chi connectivity index (χ4n) is 8.26. The Hall–Kier alpha value is -7.69. The zero-order valence-corrected chi connectivity index (χ0v) is 30.9. The molecule has 0 aliphatic rings. The number of hydrogen-bond donors (Lipinski definition) is 0. The quantitative estimate of drug-likeness (QED) is 0.171. The van der Waals surface area contributed by atoms with Crippen LogP contribution in [0.3, 0.4) is 0 Å². The highest BCUT2D eigenvalue weighted by molar-refractivity contribution is 6.23. The van der Waals surface area contributed by atoms with E-state index >= 15 is 0 Å². The van der Waals surface area contributed by atoms with Gasteiger partial charge < -0.3 is 4.57 Å². The van der Waals surface area contributed by atoms with E-state index in [9.17, 15) is 0 Å². The molecule has 0 aliphatic carbocycles. The highest BCUT2D eigenvalue weighted by Crippen LogP contribution is 2.41. The average Bonchev–Trinajstić information content (AvgIpc) is 3.62. The first-order chi connectivity index (χ1) is 28.2. The summed E-state index contributed by atoms with van der Waals surface area (Å²) in [7, 11) is 0. The summed E-state index contributed by atoms with van der Waals surface area (Å²) in [5, 5.41) is 7.44. The van der Waals surface area contributed by atoms with Gasteiger partial charge in [-0.25, -0.2) is 15.0 Å². The number of rotatable bonds is 6. The first kappa shape index (κ1) is 32.7. The van der Waals surface area contributed by atoms with Crippen molar-refractivity contribution in [2.75, 3.05) is 0 Å². The van der Waals surface area contributed by atoms with Gasteiger partial charge in [-0.1, -0.05) is 176 Å². The van der Waals surface area contributed by atoms with Crippen molar-refractivity contribution in [2.24, 2.45) is 0 Å². The summed E-state index contributed by atoms with van der Waals surface area (Å²) >= 11 is 0. The molecule has 0 N–H and O–H groups in total. The summed E-state index contributed by atoms with van der Waals surface area (Å²) in [4.78, 5) is 15.2. The highest BCUT2D eigenvalue weighted by atomic mass is 15.0. The Labute approximate surface area is 330 Å². The summed E-state index contributed by atoms with van der Waals surface area (Å²) in [6.07, 6.45) is 0. The first-order valence-electron chi connectivity index (χ1n) is 19.3. The summed E-state index contributed by atoms with van der Waals surface area (Å²) < 4.78 is 2.44. The molecule has 0 bridgehead atoms. The van der Waals surface area contributed by atoms with Crippen LogP contribution in [0.4, 0.5) is 0 Å². The lowest BCUT2D eigenvalue weighted by molar-refractivity contribution is 1.07.